The summed E-state index contributed by atoms with van der Waals surface area (Å²) in [5, 5.41) is 13.2. The van der Waals surface area contributed by atoms with Gasteiger partial charge in [-0.1, -0.05) is 19.8 Å². The van der Waals surface area contributed by atoms with Crippen LogP contribution in [0.15, 0.2) is 0 Å². The SMILES string of the molecule is CNC(C)(CC(C)SC1CCCC1)C(=O)O. The monoisotopic (exact) mass is 245 g/mol. The fourth-order valence-corrected chi connectivity index (χ4v) is 3.96. The first-order valence-electron chi connectivity index (χ1n) is 6.05. The number of carbonyl (C=O) groups is 1. The van der Waals surface area contributed by atoms with Crippen LogP contribution in [0.5, 0.6) is 0 Å². The lowest BCUT2D eigenvalue weighted by Crippen LogP contribution is -2.49. The molecule has 0 aromatic carbocycles. The summed E-state index contributed by atoms with van der Waals surface area (Å²) in [6.45, 7) is 3.91. The molecule has 0 amide bonds. The molecule has 0 aliphatic heterocycles. The van der Waals surface area contributed by atoms with Crippen molar-refractivity contribution in [2.45, 2.75) is 62.0 Å². The Labute approximate surface area is 102 Å². The Morgan fingerprint density at radius 2 is 2.12 bits per heavy atom. The topological polar surface area (TPSA) is 49.3 Å². The van der Waals surface area contributed by atoms with Gasteiger partial charge < -0.3 is 10.4 Å². The van der Waals surface area contributed by atoms with E-state index in [0.29, 0.717) is 11.7 Å². The molecule has 0 bridgehead atoms. The number of hydrogen-bond donors (Lipinski definition) is 2. The van der Waals surface area contributed by atoms with Gasteiger partial charge in [-0.15, -0.1) is 0 Å². The minimum Gasteiger partial charge on any atom is -0.480 e. The van der Waals surface area contributed by atoms with E-state index >= 15 is 0 Å². The van der Waals surface area contributed by atoms with Crippen LogP contribution in [0.4, 0.5) is 0 Å². The second kappa shape index (κ2) is 5.92. The molecular weight excluding hydrogens is 222 g/mol. The molecule has 1 rings (SSSR count). The van der Waals surface area contributed by atoms with Crippen molar-refractivity contribution in [3.05, 3.63) is 0 Å². The molecule has 0 aromatic heterocycles. The normalized spacial score (nSPS) is 22.9. The molecule has 1 fully saturated rings. The molecule has 0 radical (unpaired) electrons. The third kappa shape index (κ3) is 3.67. The largest absolute Gasteiger partial charge is 0.480 e. The Hall–Kier alpha value is -0.220. The van der Waals surface area contributed by atoms with Crippen molar-refractivity contribution in [2.75, 3.05) is 7.05 Å². The van der Waals surface area contributed by atoms with E-state index in [9.17, 15) is 9.90 Å². The number of likely N-dealkylation sites (N-methyl/N-ethyl adjacent to an activating group) is 1. The second-order valence-electron chi connectivity index (χ2n) is 4.94. The van der Waals surface area contributed by atoms with E-state index in [2.05, 4.69) is 12.2 Å². The second-order valence-corrected chi connectivity index (χ2v) is 6.69. The maximum atomic E-state index is 11.2. The van der Waals surface area contributed by atoms with Crippen LogP contribution in [0, 0.1) is 0 Å². The molecule has 4 heteroatoms. The Balaban J connectivity index is 2.42. The first-order chi connectivity index (χ1) is 7.48. The van der Waals surface area contributed by atoms with Crippen molar-refractivity contribution >= 4 is 17.7 Å². The van der Waals surface area contributed by atoms with Crippen molar-refractivity contribution in [3.8, 4) is 0 Å². The first-order valence-corrected chi connectivity index (χ1v) is 7.00. The van der Waals surface area contributed by atoms with Gasteiger partial charge in [0.25, 0.3) is 0 Å². The molecule has 2 atom stereocenters. The highest BCUT2D eigenvalue weighted by molar-refractivity contribution is 8.00. The smallest absolute Gasteiger partial charge is 0.323 e. The molecule has 1 aliphatic rings. The molecule has 0 saturated heterocycles. The summed E-state index contributed by atoms with van der Waals surface area (Å²) in [5.74, 6) is -0.756. The quantitative estimate of drug-likeness (QED) is 0.755. The van der Waals surface area contributed by atoms with E-state index in [1.165, 1.54) is 25.7 Å². The van der Waals surface area contributed by atoms with Crippen LogP contribution in [0.3, 0.4) is 0 Å². The third-order valence-electron chi connectivity index (χ3n) is 3.45. The highest BCUT2D eigenvalue weighted by Crippen LogP contribution is 2.34. The minimum absolute atomic E-state index is 0.400. The van der Waals surface area contributed by atoms with Crippen molar-refractivity contribution < 1.29 is 9.90 Å². The zero-order valence-corrected chi connectivity index (χ0v) is 11.3. The van der Waals surface area contributed by atoms with Crippen LogP contribution in [-0.2, 0) is 4.79 Å². The summed E-state index contributed by atoms with van der Waals surface area (Å²) < 4.78 is 0. The van der Waals surface area contributed by atoms with E-state index in [-0.39, 0.29) is 0 Å². The highest BCUT2D eigenvalue weighted by atomic mass is 32.2. The Bertz CT molecular complexity index is 241. The molecule has 1 saturated carbocycles. The number of hydrogen-bond acceptors (Lipinski definition) is 3. The lowest BCUT2D eigenvalue weighted by Gasteiger charge is -2.28. The van der Waals surface area contributed by atoms with Gasteiger partial charge >= 0.3 is 5.97 Å². The maximum absolute atomic E-state index is 11.2. The van der Waals surface area contributed by atoms with Crippen LogP contribution in [-0.4, -0.2) is 34.2 Å². The Kier molecular flexibility index (Phi) is 5.12. The Morgan fingerprint density at radius 3 is 2.56 bits per heavy atom. The van der Waals surface area contributed by atoms with Gasteiger partial charge in [0.15, 0.2) is 0 Å². The number of thioether (sulfide) groups is 1. The van der Waals surface area contributed by atoms with Crippen LogP contribution in [0.1, 0.15) is 46.0 Å². The molecule has 0 spiro atoms. The predicted molar refractivity (Wildman–Crippen MR) is 69.0 cm³/mol. The van der Waals surface area contributed by atoms with E-state index in [4.69, 9.17) is 0 Å². The van der Waals surface area contributed by atoms with Gasteiger partial charge in [0, 0.05) is 10.5 Å². The van der Waals surface area contributed by atoms with Gasteiger partial charge in [-0.25, -0.2) is 0 Å². The summed E-state index contributed by atoms with van der Waals surface area (Å²) in [6, 6.07) is 0. The predicted octanol–water partition coefficient (Wildman–Crippen LogP) is 2.50. The summed E-state index contributed by atoms with van der Waals surface area (Å²) in [6.07, 6.45) is 5.97. The van der Waals surface area contributed by atoms with Gasteiger partial charge in [-0.05, 0) is 33.2 Å². The lowest BCUT2D eigenvalue weighted by molar-refractivity contribution is -0.144. The van der Waals surface area contributed by atoms with Crippen molar-refractivity contribution in [3.63, 3.8) is 0 Å². The van der Waals surface area contributed by atoms with Gasteiger partial charge in [0.05, 0.1) is 0 Å². The molecule has 1 aliphatic carbocycles. The minimum atomic E-state index is -0.787. The van der Waals surface area contributed by atoms with Gasteiger partial charge in [-0.2, -0.15) is 11.8 Å². The first kappa shape index (κ1) is 13.8. The van der Waals surface area contributed by atoms with Gasteiger partial charge in [-0.3, -0.25) is 4.79 Å². The summed E-state index contributed by atoms with van der Waals surface area (Å²) in [4.78, 5) is 11.2. The van der Waals surface area contributed by atoms with Gasteiger partial charge in [0.1, 0.15) is 5.54 Å². The number of carboxylic acid groups (broad SMARTS) is 1. The van der Waals surface area contributed by atoms with Crippen molar-refractivity contribution in [2.24, 2.45) is 0 Å². The van der Waals surface area contributed by atoms with Crippen molar-refractivity contribution in [1.29, 1.82) is 0 Å². The molecule has 2 N–H and O–H groups in total. The fourth-order valence-electron chi connectivity index (χ4n) is 2.27. The van der Waals surface area contributed by atoms with E-state index < -0.39 is 11.5 Å². The third-order valence-corrected chi connectivity index (χ3v) is 4.93. The summed E-state index contributed by atoms with van der Waals surface area (Å²) in [7, 11) is 1.72. The Morgan fingerprint density at radius 1 is 1.56 bits per heavy atom. The number of aliphatic carboxylic acids is 1. The zero-order valence-electron chi connectivity index (χ0n) is 10.5. The van der Waals surface area contributed by atoms with Crippen LogP contribution >= 0.6 is 11.8 Å². The molecule has 0 aromatic rings. The lowest BCUT2D eigenvalue weighted by atomic mass is 9.96. The molecular formula is C12H23NO2S. The maximum Gasteiger partial charge on any atom is 0.323 e. The molecule has 0 heterocycles. The average molecular weight is 245 g/mol. The number of rotatable bonds is 6. The standard InChI is InChI=1S/C12H23NO2S/c1-9(16-10-6-4-5-7-10)8-12(2,13-3)11(14)15/h9-10,13H,4-8H2,1-3H3,(H,14,15). The van der Waals surface area contributed by atoms with E-state index in [0.717, 1.165) is 5.25 Å². The van der Waals surface area contributed by atoms with Crippen molar-refractivity contribution in [1.82, 2.24) is 5.32 Å². The zero-order chi connectivity index (χ0) is 12.2. The molecule has 3 nitrogen and oxygen atoms in total. The van der Waals surface area contributed by atoms with E-state index in [1.807, 2.05) is 11.8 Å². The van der Waals surface area contributed by atoms with E-state index in [1.54, 1.807) is 14.0 Å². The van der Waals surface area contributed by atoms with Crippen LogP contribution in [0.25, 0.3) is 0 Å². The van der Waals surface area contributed by atoms with Gasteiger partial charge in [0.2, 0.25) is 0 Å². The summed E-state index contributed by atoms with van der Waals surface area (Å²) in [5.41, 5.74) is -0.787. The molecule has 16 heavy (non-hydrogen) atoms. The molecule has 94 valence electrons. The molecule has 2 unspecified atom stereocenters. The number of nitrogens with one attached hydrogen (secondary N) is 1. The van der Waals surface area contributed by atoms with Crippen LogP contribution in [0.2, 0.25) is 0 Å². The van der Waals surface area contributed by atoms with Crippen LogP contribution < -0.4 is 5.32 Å². The average Bonchev–Trinajstić information content (AvgIpc) is 2.69. The number of carboxylic acids is 1. The summed E-state index contributed by atoms with van der Waals surface area (Å²) >= 11 is 1.96. The fraction of sp³-hybridized carbons (Fsp3) is 0.917. The highest BCUT2D eigenvalue weighted by Gasteiger charge is 2.33.